The molecule has 0 saturated carbocycles. The third-order valence-electron chi connectivity index (χ3n) is 2.38. The molecule has 1 heterocycles. The second-order valence-corrected chi connectivity index (χ2v) is 5.34. The molecule has 1 aliphatic heterocycles. The molecule has 3 nitrogen and oxygen atoms in total. The van der Waals surface area contributed by atoms with Crippen LogP contribution in [0.5, 0.6) is 5.75 Å². The molecule has 1 aromatic rings. The summed E-state index contributed by atoms with van der Waals surface area (Å²) < 4.78 is 21.0. The Morgan fingerprint density at radius 1 is 1.50 bits per heavy atom. The van der Waals surface area contributed by atoms with Gasteiger partial charge in [-0.2, -0.15) is 5.12 Å². The Morgan fingerprint density at radius 3 is 2.81 bits per heavy atom. The van der Waals surface area contributed by atoms with Crippen LogP contribution in [0, 0.1) is 0 Å². The molecule has 0 amide bonds. The van der Waals surface area contributed by atoms with Crippen LogP contribution in [0.2, 0.25) is 0 Å². The van der Waals surface area contributed by atoms with Crippen molar-refractivity contribution in [2.75, 3.05) is 15.1 Å². The Labute approximate surface area is 104 Å². The van der Waals surface area contributed by atoms with E-state index in [1.165, 1.54) is 11.9 Å². The van der Waals surface area contributed by atoms with Gasteiger partial charge in [0.05, 0.1) is 5.69 Å². The molecule has 6 heteroatoms. The van der Waals surface area contributed by atoms with E-state index in [9.17, 15) is 4.48 Å². The first kappa shape index (κ1) is 11.7. The molecule has 0 bridgehead atoms. The molecule has 1 aliphatic rings. The van der Waals surface area contributed by atoms with E-state index in [1.54, 1.807) is 35.8 Å². The van der Waals surface area contributed by atoms with Gasteiger partial charge in [-0.25, -0.2) is 0 Å². The molecule has 0 aromatic heterocycles. The third kappa shape index (κ3) is 1.80. The van der Waals surface area contributed by atoms with Crippen molar-refractivity contribution >= 4 is 36.1 Å². The summed E-state index contributed by atoms with van der Waals surface area (Å²) in [6, 6.07) is 5.28. The van der Waals surface area contributed by atoms with Crippen LogP contribution in [0.15, 0.2) is 18.2 Å². The molecule has 2 rings (SSSR count). The topological polar surface area (TPSA) is 15.7 Å². The normalized spacial score (nSPS) is 16.9. The number of thiol groups is 1. The van der Waals surface area contributed by atoms with E-state index in [0.29, 0.717) is 16.6 Å². The summed E-state index contributed by atoms with van der Waals surface area (Å²) in [7, 11) is 0. The molecule has 88 valence electrons. The van der Waals surface area contributed by atoms with E-state index >= 15 is 0 Å². The SMILES string of the molecule is CSN(S)c1ccc2c(c1)OC(C)(C)N2F. The molecular weight excluding hydrogens is 247 g/mol. The summed E-state index contributed by atoms with van der Waals surface area (Å²) in [5, 5.41) is 0.633. The van der Waals surface area contributed by atoms with Crippen molar-refractivity contribution in [2.45, 2.75) is 19.6 Å². The standard InChI is InChI=1S/C10H13FN2OS2/c1-10(2)12(11)8-5-4-7(13(15)16-3)6-9(8)14-10/h4-6,15H,1-3H3. The van der Waals surface area contributed by atoms with Gasteiger partial charge in [0.25, 0.3) is 0 Å². The van der Waals surface area contributed by atoms with E-state index in [-0.39, 0.29) is 0 Å². The molecule has 0 aliphatic carbocycles. The van der Waals surface area contributed by atoms with Crippen molar-refractivity contribution in [3.63, 3.8) is 0 Å². The highest BCUT2D eigenvalue weighted by Crippen LogP contribution is 2.44. The van der Waals surface area contributed by atoms with E-state index in [0.717, 1.165) is 5.69 Å². The number of hydrogen-bond donors (Lipinski definition) is 1. The van der Waals surface area contributed by atoms with Crippen LogP contribution in [0.1, 0.15) is 13.8 Å². The number of benzene rings is 1. The predicted octanol–water partition coefficient (Wildman–Crippen LogP) is 3.44. The quantitative estimate of drug-likeness (QED) is 0.498. The molecule has 0 spiro atoms. The van der Waals surface area contributed by atoms with Crippen LogP contribution in [-0.4, -0.2) is 12.0 Å². The van der Waals surface area contributed by atoms with Crippen LogP contribution in [-0.2, 0) is 0 Å². The molecule has 0 atom stereocenters. The first-order chi connectivity index (χ1) is 7.45. The summed E-state index contributed by atoms with van der Waals surface area (Å²) in [5.74, 6) is 0.540. The first-order valence-electron chi connectivity index (χ1n) is 4.78. The lowest BCUT2D eigenvalue weighted by atomic mass is 10.2. The van der Waals surface area contributed by atoms with Gasteiger partial charge in [-0.3, -0.25) is 3.71 Å². The van der Waals surface area contributed by atoms with Gasteiger partial charge in [-0.1, -0.05) is 17.3 Å². The second-order valence-electron chi connectivity index (χ2n) is 3.94. The monoisotopic (exact) mass is 260 g/mol. The number of nitrogens with zero attached hydrogens (tertiary/aromatic N) is 2. The Hall–Kier alpha value is -0.750. The largest absolute Gasteiger partial charge is 0.464 e. The average Bonchev–Trinajstić information content (AvgIpc) is 2.48. The zero-order valence-electron chi connectivity index (χ0n) is 9.27. The minimum Gasteiger partial charge on any atom is -0.464 e. The van der Waals surface area contributed by atoms with Crippen molar-refractivity contribution < 1.29 is 9.22 Å². The molecule has 0 N–H and O–H groups in total. The fourth-order valence-electron chi connectivity index (χ4n) is 1.57. The Morgan fingerprint density at radius 2 is 2.19 bits per heavy atom. The van der Waals surface area contributed by atoms with Gasteiger partial charge in [-0.15, -0.1) is 0 Å². The maximum atomic E-state index is 13.8. The number of rotatable bonds is 2. The average molecular weight is 260 g/mol. The minimum absolute atomic E-state index is 0.455. The van der Waals surface area contributed by atoms with E-state index in [2.05, 4.69) is 12.8 Å². The van der Waals surface area contributed by atoms with Crippen LogP contribution in [0.25, 0.3) is 0 Å². The van der Waals surface area contributed by atoms with Gasteiger partial charge in [0.2, 0.25) is 5.72 Å². The molecular formula is C10H13FN2OS2. The zero-order valence-corrected chi connectivity index (χ0v) is 11.0. The molecule has 16 heavy (non-hydrogen) atoms. The molecule has 0 unspecified atom stereocenters. The van der Waals surface area contributed by atoms with Gasteiger partial charge < -0.3 is 4.74 Å². The lowest BCUT2D eigenvalue weighted by molar-refractivity contribution is 0.0847. The Balaban J connectivity index is 2.37. The minimum atomic E-state index is -0.943. The maximum Gasteiger partial charge on any atom is 0.205 e. The van der Waals surface area contributed by atoms with Crippen LogP contribution < -0.4 is 13.6 Å². The summed E-state index contributed by atoms with van der Waals surface area (Å²) in [6.45, 7) is 3.36. The third-order valence-corrected chi connectivity index (χ3v) is 3.66. The van der Waals surface area contributed by atoms with Crippen molar-refractivity contribution in [3.8, 4) is 5.75 Å². The van der Waals surface area contributed by atoms with Gasteiger partial charge >= 0.3 is 0 Å². The molecule has 0 radical (unpaired) electrons. The number of hydrogen-bond acceptors (Lipinski definition) is 5. The van der Waals surface area contributed by atoms with E-state index in [1.807, 2.05) is 6.26 Å². The predicted molar refractivity (Wildman–Crippen MR) is 69.7 cm³/mol. The molecule has 1 aromatic carbocycles. The van der Waals surface area contributed by atoms with Crippen LogP contribution >= 0.6 is 24.8 Å². The highest BCUT2D eigenvalue weighted by molar-refractivity contribution is 8.11. The number of anilines is 2. The molecule has 0 fully saturated rings. The van der Waals surface area contributed by atoms with Crippen LogP contribution in [0.3, 0.4) is 0 Å². The number of ether oxygens (including phenoxy) is 1. The number of halogens is 1. The Bertz CT molecular complexity index is 414. The van der Waals surface area contributed by atoms with E-state index in [4.69, 9.17) is 4.74 Å². The van der Waals surface area contributed by atoms with Gasteiger partial charge in [0, 0.05) is 12.3 Å². The van der Waals surface area contributed by atoms with Crippen molar-refractivity contribution in [1.82, 2.24) is 0 Å². The Kier molecular flexibility index (Phi) is 2.88. The summed E-state index contributed by atoms with van der Waals surface area (Å²) in [5.41, 5.74) is 0.374. The van der Waals surface area contributed by atoms with Gasteiger partial charge in [-0.05, 0) is 37.9 Å². The van der Waals surface area contributed by atoms with E-state index < -0.39 is 5.72 Å². The highest BCUT2D eigenvalue weighted by atomic mass is 32.2. The lowest BCUT2D eigenvalue weighted by Crippen LogP contribution is -2.38. The number of fused-ring (bicyclic) bond motifs is 1. The fourth-order valence-corrected chi connectivity index (χ4v) is 2.02. The lowest BCUT2D eigenvalue weighted by Gasteiger charge is -2.22. The zero-order chi connectivity index (χ0) is 11.9. The molecule has 0 saturated heterocycles. The van der Waals surface area contributed by atoms with Crippen molar-refractivity contribution in [3.05, 3.63) is 18.2 Å². The second kappa shape index (κ2) is 3.92. The first-order valence-corrected chi connectivity index (χ1v) is 6.36. The fraction of sp³-hybridized carbons (Fsp3) is 0.400. The summed E-state index contributed by atoms with van der Waals surface area (Å²) >= 11 is 5.72. The van der Waals surface area contributed by atoms with Crippen molar-refractivity contribution in [2.24, 2.45) is 0 Å². The van der Waals surface area contributed by atoms with Crippen LogP contribution in [0.4, 0.5) is 15.9 Å². The van der Waals surface area contributed by atoms with Gasteiger partial charge in [0.15, 0.2) is 5.75 Å². The van der Waals surface area contributed by atoms with Crippen molar-refractivity contribution in [1.29, 1.82) is 0 Å². The summed E-state index contributed by atoms with van der Waals surface area (Å²) in [4.78, 5) is 0. The van der Waals surface area contributed by atoms with Gasteiger partial charge in [0.1, 0.15) is 5.69 Å². The maximum absolute atomic E-state index is 13.8. The smallest absolute Gasteiger partial charge is 0.205 e. The summed E-state index contributed by atoms with van der Waals surface area (Å²) in [6.07, 6.45) is 1.91. The highest BCUT2D eigenvalue weighted by Gasteiger charge is 2.39.